The molecule has 1 aromatic carbocycles. The minimum absolute atomic E-state index is 0.0467. The summed E-state index contributed by atoms with van der Waals surface area (Å²) in [5.41, 5.74) is -0.342. The molecule has 0 saturated carbocycles. The van der Waals surface area contributed by atoms with Gasteiger partial charge in [-0.05, 0) is 12.5 Å². The minimum atomic E-state index is -1.66. The first-order chi connectivity index (χ1) is 12.8. The first-order valence-corrected chi connectivity index (χ1v) is 8.59. The van der Waals surface area contributed by atoms with E-state index in [0.717, 1.165) is 18.6 Å². The Hall–Kier alpha value is -2.11. The van der Waals surface area contributed by atoms with Crippen LogP contribution in [0.5, 0.6) is 5.75 Å². The van der Waals surface area contributed by atoms with E-state index in [0.29, 0.717) is 6.42 Å². The van der Waals surface area contributed by atoms with Crippen molar-refractivity contribution in [3.8, 4) is 5.75 Å². The molecule has 0 unspecified atom stereocenters. The number of nitro benzene ring substituents is 1. The number of nitrogens with zero attached hydrogens (tertiary/aromatic N) is 1. The summed E-state index contributed by atoms with van der Waals surface area (Å²) < 4.78 is 10.7. The molecule has 0 bridgehead atoms. The summed E-state index contributed by atoms with van der Waals surface area (Å²) in [6.45, 7) is 1.26. The highest BCUT2D eigenvalue weighted by molar-refractivity contribution is 5.99. The van der Waals surface area contributed by atoms with Gasteiger partial charge in [-0.15, -0.1) is 0 Å². The van der Waals surface area contributed by atoms with Gasteiger partial charge < -0.3 is 29.9 Å². The number of aliphatic hydroxyl groups is 4. The van der Waals surface area contributed by atoms with Crippen LogP contribution in [-0.4, -0.2) is 68.4 Å². The van der Waals surface area contributed by atoms with Gasteiger partial charge in [-0.1, -0.05) is 13.3 Å². The van der Waals surface area contributed by atoms with E-state index in [4.69, 9.17) is 9.47 Å². The average molecular weight is 385 g/mol. The topological polar surface area (TPSA) is 160 Å². The average Bonchev–Trinajstić information content (AvgIpc) is 2.66. The summed E-state index contributed by atoms with van der Waals surface area (Å²) in [5.74, 6) is -0.439. The van der Waals surface area contributed by atoms with Gasteiger partial charge in [-0.2, -0.15) is 0 Å². The smallest absolute Gasteiger partial charge is 0.270 e. The molecule has 10 heteroatoms. The van der Waals surface area contributed by atoms with Crippen molar-refractivity contribution in [3.05, 3.63) is 33.9 Å². The third-order valence-electron chi connectivity index (χ3n) is 4.32. The van der Waals surface area contributed by atoms with Crippen LogP contribution in [0.15, 0.2) is 18.2 Å². The Balaban J connectivity index is 2.31. The summed E-state index contributed by atoms with van der Waals surface area (Å²) in [7, 11) is 0. The van der Waals surface area contributed by atoms with Gasteiger partial charge in [0, 0.05) is 18.6 Å². The van der Waals surface area contributed by atoms with Crippen LogP contribution in [0, 0.1) is 10.1 Å². The molecular formula is C17H23NO9. The number of hydrogen-bond donors (Lipinski definition) is 4. The van der Waals surface area contributed by atoms with Gasteiger partial charge >= 0.3 is 0 Å². The van der Waals surface area contributed by atoms with Gasteiger partial charge in [0.15, 0.2) is 5.78 Å². The Morgan fingerprint density at radius 2 is 1.96 bits per heavy atom. The molecular weight excluding hydrogens is 362 g/mol. The van der Waals surface area contributed by atoms with Gasteiger partial charge in [-0.25, -0.2) is 0 Å². The van der Waals surface area contributed by atoms with Gasteiger partial charge in [0.2, 0.25) is 6.29 Å². The van der Waals surface area contributed by atoms with Gasteiger partial charge in [-0.3, -0.25) is 14.9 Å². The minimum Gasteiger partial charge on any atom is -0.461 e. The summed E-state index contributed by atoms with van der Waals surface area (Å²) in [5, 5.41) is 49.9. The Morgan fingerprint density at radius 3 is 2.56 bits per heavy atom. The molecule has 27 heavy (non-hydrogen) atoms. The number of rotatable bonds is 8. The normalized spacial score (nSPS) is 28.0. The molecule has 0 aliphatic carbocycles. The predicted octanol–water partition coefficient (Wildman–Crippen LogP) is 0.146. The van der Waals surface area contributed by atoms with Crippen molar-refractivity contribution in [2.24, 2.45) is 0 Å². The molecule has 1 aromatic rings. The Bertz CT molecular complexity index is 678. The van der Waals surface area contributed by atoms with Crippen LogP contribution in [0.4, 0.5) is 5.69 Å². The lowest BCUT2D eigenvalue weighted by Gasteiger charge is -2.39. The monoisotopic (exact) mass is 385 g/mol. The van der Waals surface area contributed by atoms with E-state index in [1.807, 2.05) is 6.92 Å². The van der Waals surface area contributed by atoms with Crippen LogP contribution in [0.1, 0.15) is 36.5 Å². The second-order valence-corrected chi connectivity index (χ2v) is 6.28. The predicted molar refractivity (Wildman–Crippen MR) is 91.3 cm³/mol. The van der Waals surface area contributed by atoms with Crippen LogP contribution >= 0.6 is 0 Å². The van der Waals surface area contributed by atoms with Crippen molar-refractivity contribution in [2.45, 2.75) is 56.9 Å². The van der Waals surface area contributed by atoms with E-state index in [1.165, 1.54) is 6.07 Å². The largest absolute Gasteiger partial charge is 0.461 e. The molecule has 0 spiro atoms. The molecule has 5 atom stereocenters. The van der Waals surface area contributed by atoms with Crippen molar-refractivity contribution >= 4 is 11.5 Å². The molecule has 0 radical (unpaired) electrons. The number of nitro groups is 1. The molecule has 1 aliphatic heterocycles. The number of carbonyl (C=O) groups is 1. The summed E-state index contributed by atoms with van der Waals surface area (Å²) in [4.78, 5) is 22.8. The Kier molecular flexibility index (Phi) is 7.22. The molecule has 2 rings (SSSR count). The first-order valence-electron chi connectivity index (χ1n) is 8.59. The molecule has 1 aliphatic rings. The number of ether oxygens (including phenoxy) is 2. The number of Topliss-reactive ketones (excluding diaryl/α,β-unsaturated/α-hetero) is 1. The van der Waals surface area contributed by atoms with Crippen molar-refractivity contribution in [3.63, 3.8) is 0 Å². The second kappa shape index (κ2) is 9.20. The highest BCUT2D eigenvalue weighted by Gasteiger charge is 2.45. The molecule has 1 fully saturated rings. The molecule has 0 amide bonds. The highest BCUT2D eigenvalue weighted by Crippen LogP contribution is 2.30. The third kappa shape index (κ3) is 4.79. The number of benzene rings is 1. The summed E-state index contributed by atoms with van der Waals surface area (Å²) in [6.07, 6.45) is -6.01. The SMILES string of the molecule is CCCCC(=O)c1cc([N+](=O)[O-])ccc1O[C@H]1O[C@H](CO)[C@@H](O)[C@H](O)[C@H]1O. The maximum absolute atomic E-state index is 12.4. The van der Waals surface area contributed by atoms with E-state index in [-0.39, 0.29) is 29.2 Å². The number of aliphatic hydroxyl groups excluding tert-OH is 4. The maximum atomic E-state index is 12.4. The standard InChI is InChI=1S/C17H23NO9/c1-2-3-4-11(20)10-7-9(18(24)25)5-6-12(10)26-17-16(23)15(22)14(21)13(8-19)27-17/h5-7,13-17,19,21-23H,2-4,8H2,1H3/t13-,14-,15+,16-,17+/m1/s1. The number of non-ortho nitro benzene ring substituents is 1. The fourth-order valence-corrected chi connectivity index (χ4v) is 2.71. The second-order valence-electron chi connectivity index (χ2n) is 6.28. The lowest BCUT2D eigenvalue weighted by atomic mass is 9.99. The number of unbranched alkanes of at least 4 members (excludes halogenated alkanes) is 1. The zero-order valence-electron chi connectivity index (χ0n) is 14.7. The number of ketones is 1. The van der Waals surface area contributed by atoms with Gasteiger partial charge in [0.25, 0.3) is 5.69 Å². The fourth-order valence-electron chi connectivity index (χ4n) is 2.71. The van der Waals surface area contributed by atoms with E-state index in [9.17, 15) is 35.3 Å². The molecule has 1 heterocycles. The number of hydrogen-bond acceptors (Lipinski definition) is 9. The van der Waals surface area contributed by atoms with Crippen molar-refractivity contribution in [1.82, 2.24) is 0 Å². The summed E-state index contributed by atoms with van der Waals surface area (Å²) in [6, 6.07) is 3.42. The fraction of sp³-hybridized carbons (Fsp3) is 0.588. The zero-order chi connectivity index (χ0) is 20.1. The van der Waals surface area contributed by atoms with Crippen LogP contribution in [0.2, 0.25) is 0 Å². The van der Waals surface area contributed by atoms with Crippen LogP contribution in [-0.2, 0) is 4.74 Å². The third-order valence-corrected chi connectivity index (χ3v) is 4.32. The maximum Gasteiger partial charge on any atom is 0.270 e. The van der Waals surface area contributed by atoms with Gasteiger partial charge in [0.1, 0.15) is 30.2 Å². The Morgan fingerprint density at radius 1 is 1.26 bits per heavy atom. The molecule has 0 aromatic heterocycles. The molecule has 4 N–H and O–H groups in total. The molecule has 1 saturated heterocycles. The van der Waals surface area contributed by atoms with E-state index < -0.39 is 42.2 Å². The molecule has 10 nitrogen and oxygen atoms in total. The lowest BCUT2D eigenvalue weighted by Crippen LogP contribution is -2.60. The van der Waals surface area contributed by atoms with Crippen LogP contribution in [0.3, 0.4) is 0 Å². The van der Waals surface area contributed by atoms with E-state index in [1.54, 1.807) is 0 Å². The van der Waals surface area contributed by atoms with E-state index in [2.05, 4.69) is 0 Å². The summed E-state index contributed by atoms with van der Waals surface area (Å²) >= 11 is 0. The van der Waals surface area contributed by atoms with Crippen molar-refractivity contribution < 1.29 is 39.6 Å². The van der Waals surface area contributed by atoms with Crippen molar-refractivity contribution in [1.29, 1.82) is 0 Å². The van der Waals surface area contributed by atoms with Gasteiger partial charge in [0.05, 0.1) is 17.1 Å². The lowest BCUT2D eigenvalue weighted by molar-refractivity contribution is -0.384. The quantitative estimate of drug-likeness (QED) is 0.277. The van der Waals surface area contributed by atoms with Crippen LogP contribution in [0.25, 0.3) is 0 Å². The number of carbonyl (C=O) groups excluding carboxylic acids is 1. The van der Waals surface area contributed by atoms with Crippen molar-refractivity contribution in [2.75, 3.05) is 6.61 Å². The van der Waals surface area contributed by atoms with E-state index >= 15 is 0 Å². The zero-order valence-corrected chi connectivity index (χ0v) is 14.7. The molecule has 150 valence electrons. The first kappa shape index (κ1) is 21.2. The van der Waals surface area contributed by atoms with Crippen LogP contribution < -0.4 is 4.74 Å². The highest BCUT2D eigenvalue weighted by atomic mass is 16.7. The Labute approximate surface area is 155 Å².